The van der Waals surface area contributed by atoms with Crippen LogP contribution in [-0.2, 0) is 9.59 Å². The van der Waals surface area contributed by atoms with Gasteiger partial charge in [0, 0.05) is 6.07 Å². The lowest BCUT2D eigenvalue weighted by Crippen LogP contribution is -2.32. The van der Waals surface area contributed by atoms with Gasteiger partial charge < -0.3 is 0 Å². The summed E-state index contributed by atoms with van der Waals surface area (Å²) >= 11 is 0. The van der Waals surface area contributed by atoms with Gasteiger partial charge >= 0.3 is 0 Å². The minimum atomic E-state index is -1.05. The van der Waals surface area contributed by atoms with E-state index in [0.717, 1.165) is 23.5 Å². The van der Waals surface area contributed by atoms with Crippen LogP contribution in [0.2, 0.25) is 0 Å². The molecule has 3 aliphatic rings. The lowest BCUT2D eigenvalue weighted by Gasteiger charge is -2.17. The molecule has 0 spiro atoms. The predicted molar refractivity (Wildman–Crippen MR) is 66.6 cm³/mol. The Hall–Kier alpha value is -2.04. The quantitative estimate of drug-likeness (QED) is 0.582. The maximum absolute atomic E-state index is 13.3. The number of anilines is 1. The highest BCUT2D eigenvalue weighted by molar-refractivity contribution is 6.22. The summed E-state index contributed by atoms with van der Waals surface area (Å²) in [5.74, 6) is -3.06. The van der Waals surface area contributed by atoms with Crippen molar-refractivity contribution in [2.75, 3.05) is 4.90 Å². The lowest BCUT2D eigenvalue weighted by molar-refractivity contribution is -0.123. The van der Waals surface area contributed by atoms with E-state index in [2.05, 4.69) is 0 Å². The molecule has 2 aliphatic carbocycles. The molecule has 2 fully saturated rings. The van der Waals surface area contributed by atoms with E-state index >= 15 is 0 Å². The molecule has 20 heavy (non-hydrogen) atoms. The molecule has 4 unspecified atom stereocenters. The molecule has 4 atom stereocenters. The Labute approximate surface area is 113 Å². The second kappa shape index (κ2) is 3.75. The standard InChI is InChI=1S/C15H11F2NO2/c16-10-4-3-9(6-11(10)17)18-14(19)12-7-1-2-8(5-7)13(12)15(18)20/h1-4,6-8,12-13H,5H2. The second-order valence-electron chi connectivity index (χ2n) is 5.61. The van der Waals surface area contributed by atoms with Crippen LogP contribution in [0.5, 0.6) is 0 Å². The van der Waals surface area contributed by atoms with E-state index in [9.17, 15) is 18.4 Å². The van der Waals surface area contributed by atoms with E-state index < -0.39 is 11.6 Å². The number of benzene rings is 1. The number of carbonyl (C=O) groups is 2. The number of allylic oxidation sites excluding steroid dienone is 2. The Balaban J connectivity index is 1.76. The van der Waals surface area contributed by atoms with Crippen molar-refractivity contribution in [1.82, 2.24) is 0 Å². The van der Waals surface area contributed by atoms with Gasteiger partial charge in [-0.15, -0.1) is 0 Å². The molecule has 0 aromatic heterocycles. The van der Waals surface area contributed by atoms with Crippen molar-refractivity contribution < 1.29 is 18.4 Å². The Morgan fingerprint density at radius 2 is 1.55 bits per heavy atom. The molecular formula is C15H11F2NO2. The molecule has 0 radical (unpaired) electrons. The van der Waals surface area contributed by atoms with E-state index in [1.54, 1.807) is 0 Å². The summed E-state index contributed by atoms with van der Waals surface area (Å²) in [4.78, 5) is 25.9. The van der Waals surface area contributed by atoms with Crippen LogP contribution < -0.4 is 4.90 Å². The second-order valence-corrected chi connectivity index (χ2v) is 5.61. The molecule has 3 nitrogen and oxygen atoms in total. The Kier molecular flexibility index (Phi) is 2.20. The average Bonchev–Trinajstić information content (AvgIpc) is 3.08. The summed E-state index contributed by atoms with van der Waals surface area (Å²) in [5, 5.41) is 0. The van der Waals surface area contributed by atoms with Gasteiger partial charge in [-0.1, -0.05) is 12.2 Å². The van der Waals surface area contributed by atoms with Gasteiger partial charge in [0.1, 0.15) is 0 Å². The summed E-state index contributed by atoms with van der Waals surface area (Å²) < 4.78 is 26.3. The van der Waals surface area contributed by atoms with E-state index in [1.165, 1.54) is 6.07 Å². The number of hydrogen-bond donors (Lipinski definition) is 0. The third kappa shape index (κ3) is 1.32. The average molecular weight is 275 g/mol. The van der Waals surface area contributed by atoms with Crippen molar-refractivity contribution in [1.29, 1.82) is 0 Å². The Morgan fingerprint density at radius 1 is 0.950 bits per heavy atom. The topological polar surface area (TPSA) is 37.4 Å². The molecule has 2 amide bonds. The largest absolute Gasteiger partial charge is 0.274 e. The van der Waals surface area contributed by atoms with Gasteiger partial charge in [-0.3, -0.25) is 9.59 Å². The van der Waals surface area contributed by atoms with Gasteiger partial charge in [0.15, 0.2) is 11.6 Å². The van der Waals surface area contributed by atoms with Crippen LogP contribution in [0.25, 0.3) is 0 Å². The van der Waals surface area contributed by atoms with Gasteiger partial charge in [0.05, 0.1) is 17.5 Å². The highest BCUT2D eigenvalue weighted by Gasteiger charge is 2.59. The van der Waals surface area contributed by atoms with Gasteiger partial charge in [-0.25, -0.2) is 13.7 Å². The van der Waals surface area contributed by atoms with Crippen molar-refractivity contribution in [3.8, 4) is 0 Å². The fourth-order valence-corrected chi connectivity index (χ4v) is 3.78. The Morgan fingerprint density at radius 3 is 2.10 bits per heavy atom. The zero-order valence-electron chi connectivity index (χ0n) is 10.4. The summed E-state index contributed by atoms with van der Waals surface area (Å²) in [6, 6.07) is 3.11. The monoisotopic (exact) mass is 275 g/mol. The summed E-state index contributed by atoms with van der Waals surface area (Å²) in [6.07, 6.45) is 4.83. The maximum atomic E-state index is 13.3. The van der Waals surface area contributed by atoms with E-state index in [1.807, 2.05) is 12.2 Å². The number of rotatable bonds is 1. The molecule has 0 N–H and O–H groups in total. The van der Waals surface area contributed by atoms with Crippen molar-refractivity contribution in [3.63, 3.8) is 0 Å². The van der Waals surface area contributed by atoms with Crippen LogP contribution in [-0.4, -0.2) is 11.8 Å². The Bertz CT molecular complexity index is 640. The highest BCUT2D eigenvalue weighted by atomic mass is 19.2. The van der Waals surface area contributed by atoms with Crippen molar-refractivity contribution in [2.45, 2.75) is 6.42 Å². The normalized spacial score (nSPS) is 34.2. The zero-order valence-corrected chi connectivity index (χ0v) is 10.4. The van der Waals surface area contributed by atoms with Crippen molar-refractivity contribution in [2.24, 2.45) is 23.7 Å². The molecule has 1 saturated carbocycles. The molecule has 1 aromatic rings. The van der Waals surface area contributed by atoms with Crippen LogP contribution in [0.4, 0.5) is 14.5 Å². The first-order valence-electron chi connectivity index (χ1n) is 6.59. The zero-order chi connectivity index (χ0) is 14.0. The number of imide groups is 1. The third-order valence-electron chi connectivity index (χ3n) is 4.63. The molecule has 2 bridgehead atoms. The van der Waals surface area contributed by atoms with Crippen LogP contribution in [0.1, 0.15) is 6.42 Å². The molecule has 1 aliphatic heterocycles. The third-order valence-corrected chi connectivity index (χ3v) is 4.63. The van der Waals surface area contributed by atoms with Crippen LogP contribution >= 0.6 is 0 Å². The summed E-state index contributed by atoms with van der Waals surface area (Å²) in [6.45, 7) is 0. The van der Waals surface area contributed by atoms with Crippen LogP contribution in [0, 0.1) is 35.3 Å². The van der Waals surface area contributed by atoms with Gasteiger partial charge in [0.25, 0.3) is 0 Å². The van der Waals surface area contributed by atoms with Crippen molar-refractivity contribution >= 4 is 17.5 Å². The van der Waals surface area contributed by atoms with Crippen LogP contribution in [0.15, 0.2) is 30.4 Å². The summed E-state index contributed by atoms with van der Waals surface area (Å²) in [5.41, 5.74) is 0.118. The summed E-state index contributed by atoms with van der Waals surface area (Å²) in [7, 11) is 0. The van der Waals surface area contributed by atoms with Gasteiger partial charge in [-0.2, -0.15) is 0 Å². The first kappa shape index (κ1) is 11.8. The molecule has 1 heterocycles. The maximum Gasteiger partial charge on any atom is 0.238 e. The number of amides is 2. The minimum Gasteiger partial charge on any atom is -0.274 e. The number of hydrogen-bond acceptors (Lipinski definition) is 2. The van der Waals surface area contributed by atoms with Gasteiger partial charge in [0.2, 0.25) is 11.8 Å². The fourth-order valence-electron chi connectivity index (χ4n) is 3.78. The molecule has 102 valence electrons. The van der Waals surface area contributed by atoms with Crippen molar-refractivity contribution in [3.05, 3.63) is 42.0 Å². The molecule has 1 saturated heterocycles. The predicted octanol–water partition coefficient (Wildman–Crippen LogP) is 2.28. The number of carbonyl (C=O) groups excluding carboxylic acids is 2. The number of fused-ring (bicyclic) bond motifs is 5. The first-order valence-corrected chi connectivity index (χ1v) is 6.59. The lowest BCUT2D eigenvalue weighted by atomic mass is 9.85. The fraction of sp³-hybridized carbons (Fsp3) is 0.333. The molecular weight excluding hydrogens is 264 g/mol. The van der Waals surface area contributed by atoms with E-state index in [-0.39, 0.29) is 41.2 Å². The molecule has 5 heteroatoms. The van der Waals surface area contributed by atoms with E-state index in [4.69, 9.17) is 0 Å². The highest BCUT2D eigenvalue weighted by Crippen LogP contribution is 2.53. The number of nitrogens with zero attached hydrogens (tertiary/aromatic N) is 1. The molecule has 4 rings (SSSR count). The van der Waals surface area contributed by atoms with Crippen LogP contribution in [0.3, 0.4) is 0 Å². The first-order chi connectivity index (χ1) is 9.58. The smallest absolute Gasteiger partial charge is 0.238 e. The van der Waals surface area contributed by atoms with Gasteiger partial charge in [-0.05, 0) is 30.4 Å². The minimum absolute atomic E-state index is 0.108. The number of halogens is 2. The SMILES string of the molecule is O=C1C2C3C=CC(C3)C2C(=O)N1c1ccc(F)c(F)c1. The molecule has 1 aromatic carbocycles. The van der Waals surface area contributed by atoms with E-state index in [0.29, 0.717) is 0 Å².